The summed E-state index contributed by atoms with van der Waals surface area (Å²) in [4.78, 5) is 7.11. The highest BCUT2D eigenvalue weighted by atomic mass is 79.9. The van der Waals surface area contributed by atoms with E-state index >= 15 is 0 Å². The predicted octanol–water partition coefficient (Wildman–Crippen LogP) is 5.39. The molecule has 0 atom stereocenters. The van der Waals surface area contributed by atoms with Crippen LogP contribution in [0, 0.1) is 0 Å². The molecule has 0 saturated carbocycles. The molecule has 0 bridgehead atoms. The van der Waals surface area contributed by atoms with Crippen molar-refractivity contribution in [2.24, 2.45) is 0 Å². The van der Waals surface area contributed by atoms with E-state index in [2.05, 4.69) is 20.8 Å². The third-order valence-electron chi connectivity index (χ3n) is 4.65. The van der Waals surface area contributed by atoms with Crippen LogP contribution in [0.4, 0.5) is 5.13 Å². The van der Waals surface area contributed by atoms with Crippen molar-refractivity contribution >= 4 is 65.6 Å². The Labute approximate surface area is 192 Å². The van der Waals surface area contributed by atoms with Crippen LogP contribution in [0.1, 0.15) is 0 Å². The standard InChI is InChI=1S/C19H16BrCl2N3O2S2/c20-14-2-1-3-15(11-14)29(26,27)25-8-6-24(7-9-25)19-23-18(12-28-19)13-4-5-16(21)17(22)10-13/h1-5,10-12H,6-9H2. The molecule has 4 rings (SSSR count). The lowest BCUT2D eigenvalue weighted by Crippen LogP contribution is -2.48. The fourth-order valence-electron chi connectivity index (χ4n) is 3.09. The number of anilines is 1. The molecular weight excluding hydrogens is 517 g/mol. The van der Waals surface area contributed by atoms with Crippen LogP contribution in [0.3, 0.4) is 0 Å². The van der Waals surface area contributed by atoms with Crippen molar-refractivity contribution in [3.8, 4) is 11.3 Å². The van der Waals surface area contributed by atoms with Crippen molar-refractivity contribution in [3.05, 3.63) is 62.4 Å². The topological polar surface area (TPSA) is 53.5 Å². The van der Waals surface area contributed by atoms with Crippen molar-refractivity contribution in [2.75, 3.05) is 31.1 Å². The molecule has 152 valence electrons. The minimum atomic E-state index is -3.50. The van der Waals surface area contributed by atoms with Crippen molar-refractivity contribution in [1.29, 1.82) is 0 Å². The highest BCUT2D eigenvalue weighted by molar-refractivity contribution is 9.10. The zero-order valence-corrected chi connectivity index (χ0v) is 19.8. The van der Waals surface area contributed by atoms with E-state index in [4.69, 9.17) is 28.2 Å². The average Bonchev–Trinajstić information content (AvgIpc) is 3.20. The minimum Gasteiger partial charge on any atom is -0.345 e. The first-order chi connectivity index (χ1) is 13.8. The Kier molecular flexibility index (Phi) is 6.20. The summed E-state index contributed by atoms with van der Waals surface area (Å²) >= 11 is 17.0. The number of aromatic nitrogens is 1. The second-order valence-corrected chi connectivity index (χ2v) is 11.0. The normalized spacial score (nSPS) is 15.6. The SMILES string of the molecule is O=S(=O)(c1cccc(Br)c1)N1CCN(c2nc(-c3ccc(Cl)c(Cl)c3)cs2)CC1. The lowest BCUT2D eigenvalue weighted by molar-refractivity contribution is 0.385. The number of halogens is 3. The van der Waals surface area contributed by atoms with Gasteiger partial charge < -0.3 is 4.90 Å². The fraction of sp³-hybridized carbons (Fsp3) is 0.211. The number of sulfonamides is 1. The first-order valence-corrected chi connectivity index (χ1v) is 12.6. The van der Waals surface area contributed by atoms with Crippen LogP contribution in [-0.4, -0.2) is 43.9 Å². The largest absolute Gasteiger partial charge is 0.345 e. The molecule has 1 aliphatic rings. The number of hydrogen-bond acceptors (Lipinski definition) is 5. The summed E-state index contributed by atoms with van der Waals surface area (Å²) in [5, 5.41) is 3.84. The first-order valence-electron chi connectivity index (χ1n) is 8.76. The van der Waals surface area contributed by atoms with Gasteiger partial charge in [0.25, 0.3) is 0 Å². The van der Waals surface area contributed by atoms with Crippen molar-refractivity contribution in [1.82, 2.24) is 9.29 Å². The van der Waals surface area contributed by atoms with Crippen LogP contribution in [0.15, 0.2) is 57.2 Å². The van der Waals surface area contributed by atoms with Crippen molar-refractivity contribution in [2.45, 2.75) is 4.90 Å². The van der Waals surface area contributed by atoms with Gasteiger partial charge in [0.05, 0.1) is 20.6 Å². The Hall–Kier alpha value is -1.16. The van der Waals surface area contributed by atoms with Crippen molar-refractivity contribution < 1.29 is 8.42 Å². The van der Waals surface area contributed by atoms with Crippen LogP contribution >= 0.6 is 50.5 Å². The van der Waals surface area contributed by atoms with Gasteiger partial charge in [-0.1, -0.05) is 51.3 Å². The Morgan fingerprint density at radius 2 is 1.76 bits per heavy atom. The van der Waals surface area contributed by atoms with Gasteiger partial charge in [-0.15, -0.1) is 11.3 Å². The number of benzene rings is 2. The molecule has 0 aliphatic carbocycles. The summed E-state index contributed by atoms with van der Waals surface area (Å²) in [6, 6.07) is 12.2. The van der Waals surface area contributed by atoms with Gasteiger partial charge in [-0.25, -0.2) is 13.4 Å². The summed E-state index contributed by atoms with van der Waals surface area (Å²) in [7, 11) is -3.50. The number of thiazole rings is 1. The lowest BCUT2D eigenvalue weighted by Gasteiger charge is -2.33. The third kappa shape index (κ3) is 4.47. The maximum absolute atomic E-state index is 12.9. The van der Waals surface area contributed by atoms with E-state index in [1.165, 1.54) is 15.6 Å². The number of nitrogens with zero attached hydrogens (tertiary/aromatic N) is 3. The lowest BCUT2D eigenvalue weighted by atomic mass is 10.2. The monoisotopic (exact) mass is 531 g/mol. The van der Waals surface area contributed by atoms with Gasteiger partial charge in [-0.2, -0.15) is 4.31 Å². The van der Waals surface area contributed by atoms with Crippen LogP contribution in [0.2, 0.25) is 10.0 Å². The molecule has 2 aromatic carbocycles. The third-order valence-corrected chi connectivity index (χ3v) is 8.68. The van der Waals surface area contributed by atoms with E-state index < -0.39 is 10.0 Å². The second-order valence-electron chi connectivity index (χ2n) is 6.49. The fourth-order valence-corrected chi connectivity index (χ4v) is 6.30. The highest BCUT2D eigenvalue weighted by Crippen LogP contribution is 2.32. The number of hydrogen-bond donors (Lipinski definition) is 0. The molecule has 1 aromatic heterocycles. The van der Waals surface area contributed by atoms with Crippen LogP contribution in [0.25, 0.3) is 11.3 Å². The molecule has 29 heavy (non-hydrogen) atoms. The molecule has 2 heterocycles. The van der Waals surface area contributed by atoms with Gasteiger partial charge in [0.15, 0.2) is 5.13 Å². The molecule has 3 aromatic rings. The maximum atomic E-state index is 12.9. The predicted molar refractivity (Wildman–Crippen MR) is 123 cm³/mol. The molecule has 0 N–H and O–H groups in total. The van der Waals surface area contributed by atoms with E-state index in [9.17, 15) is 8.42 Å². The summed E-state index contributed by atoms with van der Waals surface area (Å²) in [6.07, 6.45) is 0. The maximum Gasteiger partial charge on any atom is 0.243 e. The highest BCUT2D eigenvalue weighted by Gasteiger charge is 2.29. The van der Waals surface area contributed by atoms with Crippen LogP contribution < -0.4 is 4.90 Å². The van der Waals surface area contributed by atoms with Gasteiger partial charge in [-0.3, -0.25) is 0 Å². The number of piperazine rings is 1. The Morgan fingerprint density at radius 3 is 2.45 bits per heavy atom. The Bertz CT molecular complexity index is 1150. The molecule has 1 saturated heterocycles. The summed E-state index contributed by atoms with van der Waals surface area (Å²) in [5.74, 6) is 0. The smallest absolute Gasteiger partial charge is 0.243 e. The summed E-state index contributed by atoms with van der Waals surface area (Å²) < 4.78 is 28.0. The molecule has 0 amide bonds. The molecule has 1 aliphatic heterocycles. The van der Waals surface area contributed by atoms with Gasteiger partial charge in [-0.05, 0) is 30.3 Å². The van der Waals surface area contributed by atoms with E-state index in [1.54, 1.807) is 30.3 Å². The summed E-state index contributed by atoms with van der Waals surface area (Å²) in [5.41, 5.74) is 1.73. The molecule has 0 spiro atoms. The number of rotatable bonds is 4. The minimum absolute atomic E-state index is 0.302. The van der Waals surface area contributed by atoms with E-state index in [1.807, 2.05) is 17.5 Å². The molecule has 0 unspecified atom stereocenters. The molecule has 1 fully saturated rings. The van der Waals surface area contributed by atoms with E-state index in [0.29, 0.717) is 41.1 Å². The van der Waals surface area contributed by atoms with Gasteiger partial charge in [0, 0.05) is 41.6 Å². The molecule has 0 radical (unpaired) electrons. The second kappa shape index (κ2) is 8.53. The van der Waals surface area contributed by atoms with Crippen LogP contribution in [0.5, 0.6) is 0 Å². The van der Waals surface area contributed by atoms with E-state index in [0.717, 1.165) is 20.9 Å². The zero-order chi connectivity index (χ0) is 20.6. The average molecular weight is 533 g/mol. The molecular formula is C19H16BrCl2N3O2S2. The quantitative estimate of drug-likeness (QED) is 0.452. The Balaban J connectivity index is 1.46. The first kappa shape index (κ1) is 21.1. The van der Waals surface area contributed by atoms with Gasteiger partial charge in [0.2, 0.25) is 10.0 Å². The van der Waals surface area contributed by atoms with Gasteiger partial charge in [0.1, 0.15) is 0 Å². The van der Waals surface area contributed by atoms with Gasteiger partial charge >= 0.3 is 0 Å². The Morgan fingerprint density at radius 1 is 1.00 bits per heavy atom. The molecule has 5 nitrogen and oxygen atoms in total. The summed E-state index contributed by atoms with van der Waals surface area (Å²) in [6.45, 7) is 2.00. The van der Waals surface area contributed by atoms with E-state index in [-0.39, 0.29) is 0 Å². The van der Waals surface area contributed by atoms with Crippen LogP contribution in [-0.2, 0) is 10.0 Å². The van der Waals surface area contributed by atoms with Crippen molar-refractivity contribution in [3.63, 3.8) is 0 Å². The molecule has 10 heteroatoms. The zero-order valence-electron chi connectivity index (χ0n) is 15.1.